The topological polar surface area (TPSA) is 107 Å². The average molecular weight is 268 g/mol. The molecule has 1 atom stereocenters. The van der Waals surface area contributed by atoms with Crippen LogP contribution in [0.5, 0.6) is 0 Å². The minimum absolute atomic E-state index is 0.0259. The van der Waals surface area contributed by atoms with Crippen LogP contribution in [-0.2, 0) is 4.79 Å². The van der Waals surface area contributed by atoms with E-state index in [-0.39, 0.29) is 18.4 Å². The largest absolute Gasteiger partial charge is 0.481 e. The number of nitrogens with zero attached hydrogens (tertiary/aromatic N) is 6. The van der Waals surface area contributed by atoms with E-state index in [0.717, 1.165) is 4.88 Å². The first-order valence-electron chi connectivity index (χ1n) is 5.37. The van der Waals surface area contributed by atoms with Crippen molar-refractivity contribution in [1.29, 1.82) is 0 Å². The number of aromatic nitrogens is 6. The summed E-state index contributed by atoms with van der Waals surface area (Å²) in [6, 6.07) is -0.297. The second kappa shape index (κ2) is 5.17. The number of aliphatic carboxylic acids is 1. The molecule has 2 aromatic rings. The second-order valence-corrected chi connectivity index (χ2v) is 4.92. The fourth-order valence-electron chi connectivity index (χ4n) is 1.63. The molecule has 2 rings (SSSR count). The lowest BCUT2D eigenvalue weighted by Crippen LogP contribution is -2.21. The normalized spacial score (nSPS) is 12.8. The predicted octanol–water partition coefficient (Wildman–Crippen LogP) is 0.863. The molecule has 96 valence electrons. The van der Waals surface area contributed by atoms with E-state index in [9.17, 15) is 4.79 Å². The SMILES string of the molecule is CC(C)C(CC(=O)O)n1nnnc1-c1cnns1. The van der Waals surface area contributed by atoms with Crippen LogP contribution < -0.4 is 0 Å². The summed E-state index contributed by atoms with van der Waals surface area (Å²) in [5, 5.41) is 24.1. The lowest BCUT2D eigenvalue weighted by molar-refractivity contribution is -0.138. The quantitative estimate of drug-likeness (QED) is 0.857. The van der Waals surface area contributed by atoms with Gasteiger partial charge in [-0.2, -0.15) is 0 Å². The zero-order valence-corrected chi connectivity index (χ0v) is 10.7. The minimum atomic E-state index is -0.877. The maximum atomic E-state index is 10.9. The van der Waals surface area contributed by atoms with Gasteiger partial charge in [0, 0.05) is 0 Å². The van der Waals surface area contributed by atoms with Crippen molar-refractivity contribution < 1.29 is 9.90 Å². The highest BCUT2D eigenvalue weighted by Crippen LogP contribution is 2.27. The van der Waals surface area contributed by atoms with Crippen LogP contribution in [0.15, 0.2) is 6.20 Å². The number of hydrogen-bond acceptors (Lipinski definition) is 7. The van der Waals surface area contributed by atoms with Crippen LogP contribution in [-0.4, -0.2) is 40.9 Å². The summed E-state index contributed by atoms with van der Waals surface area (Å²) in [4.78, 5) is 11.6. The van der Waals surface area contributed by atoms with Crippen molar-refractivity contribution in [3.05, 3.63) is 6.20 Å². The molecule has 0 saturated carbocycles. The molecule has 2 heterocycles. The monoisotopic (exact) mass is 268 g/mol. The second-order valence-electron chi connectivity index (χ2n) is 4.14. The molecule has 0 radical (unpaired) electrons. The standard InChI is InChI=1S/C9H12N6O2S/c1-5(2)6(3-8(16)17)15-9(11-12-13-15)7-4-10-14-18-7/h4-6H,3H2,1-2H3,(H,16,17). The predicted molar refractivity (Wildman–Crippen MR) is 62.8 cm³/mol. The zero-order chi connectivity index (χ0) is 13.1. The molecule has 0 aliphatic heterocycles. The van der Waals surface area contributed by atoms with Crippen LogP contribution in [0, 0.1) is 5.92 Å². The van der Waals surface area contributed by atoms with E-state index in [1.165, 1.54) is 16.2 Å². The fourth-order valence-corrected chi connectivity index (χ4v) is 2.12. The Labute approximate surface area is 107 Å². The first-order valence-corrected chi connectivity index (χ1v) is 6.14. The molecule has 9 heteroatoms. The number of hydrogen-bond donors (Lipinski definition) is 1. The maximum absolute atomic E-state index is 10.9. The number of tetrazole rings is 1. The summed E-state index contributed by atoms with van der Waals surface area (Å²) in [5.74, 6) is -0.272. The van der Waals surface area contributed by atoms with Gasteiger partial charge >= 0.3 is 5.97 Å². The highest BCUT2D eigenvalue weighted by molar-refractivity contribution is 7.09. The van der Waals surface area contributed by atoms with Gasteiger partial charge in [0.05, 0.1) is 18.7 Å². The van der Waals surface area contributed by atoms with Crippen LogP contribution in [0.3, 0.4) is 0 Å². The number of carbonyl (C=O) groups is 1. The van der Waals surface area contributed by atoms with E-state index in [2.05, 4.69) is 25.1 Å². The maximum Gasteiger partial charge on any atom is 0.305 e. The molecule has 0 fully saturated rings. The van der Waals surface area contributed by atoms with Crippen molar-refractivity contribution in [1.82, 2.24) is 29.8 Å². The molecule has 0 aromatic carbocycles. The third kappa shape index (κ3) is 2.50. The average Bonchev–Trinajstić information content (AvgIpc) is 2.95. The highest BCUT2D eigenvalue weighted by atomic mass is 32.1. The van der Waals surface area contributed by atoms with Gasteiger partial charge in [0.25, 0.3) is 0 Å². The van der Waals surface area contributed by atoms with E-state index in [1.807, 2.05) is 13.8 Å². The van der Waals surface area contributed by atoms with Crippen molar-refractivity contribution in [3.63, 3.8) is 0 Å². The molecule has 0 amide bonds. The van der Waals surface area contributed by atoms with Crippen LogP contribution in [0.2, 0.25) is 0 Å². The van der Waals surface area contributed by atoms with Crippen LogP contribution in [0.4, 0.5) is 0 Å². The van der Waals surface area contributed by atoms with Crippen molar-refractivity contribution in [2.75, 3.05) is 0 Å². The van der Waals surface area contributed by atoms with Crippen molar-refractivity contribution in [2.24, 2.45) is 5.92 Å². The highest BCUT2D eigenvalue weighted by Gasteiger charge is 2.24. The van der Waals surface area contributed by atoms with Gasteiger partial charge in [0.1, 0.15) is 4.88 Å². The van der Waals surface area contributed by atoms with Crippen molar-refractivity contribution in [2.45, 2.75) is 26.3 Å². The molecule has 8 nitrogen and oxygen atoms in total. The van der Waals surface area contributed by atoms with E-state index in [0.29, 0.717) is 5.82 Å². The first kappa shape index (κ1) is 12.6. The van der Waals surface area contributed by atoms with Gasteiger partial charge in [-0.25, -0.2) is 4.68 Å². The molecule has 18 heavy (non-hydrogen) atoms. The molecule has 2 aromatic heterocycles. The lowest BCUT2D eigenvalue weighted by atomic mass is 10.0. The fraction of sp³-hybridized carbons (Fsp3) is 0.556. The van der Waals surface area contributed by atoms with E-state index >= 15 is 0 Å². The Bertz CT molecular complexity index is 523. The van der Waals surface area contributed by atoms with Gasteiger partial charge in [0.2, 0.25) is 0 Å². The summed E-state index contributed by atoms with van der Waals surface area (Å²) in [6.45, 7) is 3.87. The summed E-state index contributed by atoms with van der Waals surface area (Å²) in [7, 11) is 0. The van der Waals surface area contributed by atoms with Crippen LogP contribution >= 0.6 is 11.5 Å². The Hall–Kier alpha value is -1.90. The summed E-state index contributed by atoms with van der Waals surface area (Å²) >= 11 is 1.17. The first-order chi connectivity index (χ1) is 8.59. The van der Waals surface area contributed by atoms with E-state index in [4.69, 9.17) is 5.11 Å². The zero-order valence-electron chi connectivity index (χ0n) is 9.89. The van der Waals surface area contributed by atoms with Crippen molar-refractivity contribution >= 4 is 17.5 Å². The van der Waals surface area contributed by atoms with Crippen LogP contribution in [0.1, 0.15) is 26.3 Å². The minimum Gasteiger partial charge on any atom is -0.481 e. The molecule has 0 bridgehead atoms. The van der Waals surface area contributed by atoms with Gasteiger partial charge in [-0.15, -0.1) is 10.2 Å². The third-order valence-electron chi connectivity index (χ3n) is 2.54. The molecule has 0 aliphatic carbocycles. The van der Waals surface area contributed by atoms with Gasteiger partial charge in [-0.1, -0.05) is 18.3 Å². The van der Waals surface area contributed by atoms with Gasteiger partial charge in [0.15, 0.2) is 5.82 Å². The lowest BCUT2D eigenvalue weighted by Gasteiger charge is -2.19. The Morgan fingerprint density at radius 1 is 1.56 bits per heavy atom. The van der Waals surface area contributed by atoms with E-state index in [1.54, 1.807) is 6.20 Å². The van der Waals surface area contributed by atoms with Gasteiger partial charge in [-0.3, -0.25) is 4.79 Å². The number of carboxylic acids is 1. The molecule has 0 saturated heterocycles. The molecule has 1 unspecified atom stereocenters. The summed E-state index contributed by atoms with van der Waals surface area (Å²) in [5.41, 5.74) is 0. The third-order valence-corrected chi connectivity index (χ3v) is 3.20. The van der Waals surface area contributed by atoms with E-state index < -0.39 is 5.97 Å². The number of rotatable bonds is 5. The Kier molecular flexibility index (Phi) is 3.60. The van der Waals surface area contributed by atoms with Gasteiger partial charge < -0.3 is 5.11 Å². The molecule has 0 aliphatic rings. The molecule has 1 N–H and O–H groups in total. The summed E-state index contributed by atoms with van der Waals surface area (Å²) < 4.78 is 5.29. The Morgan fingerprint density at radius 3 is 2.89 bits per heavy atom. The Morgan fingerprint density at radius 2 is 2.33 bits per heavy atom. The smallest absolute Gasteiger partial charge is 0.305 e. The van der Waals surface area contributed by atoms with Gasteiger partial charge in [-0.05, 0) is 27.9 Å². The van der Waals surface area contributed by atoms with Crippen LogP contribution in [0.25, 0.3) is 10.7 Å². The molecular formula is C9H12N6O2S. The summed E-state index contributed by atoms with van der Waals surface area (Å²) in [6.07, 6.45) is 1.53. The molecule has 0 spiro atoms. The van der Waals surface area contributed by atoms with Crippen molar-refractivity contribution in [3.8, 4) is 10.7 Å². The number of carboxylic acid groups (broad SMARTS) is 1. The Balaban J connectivity index is 2.37. The molecular weight excluding hydrogens is 256 g/mol.